The fourth-order valence-electron chi connectivity index (χ4n) is 1.77. The fraction of sp³-hybridized carbons (Fsp3) is 0.929. The Hall–Kier alpha value is -0.690. The SMILES string of the molecule is COCC(C)OCC(O)CNC(CC(C)C)C(=O)OC. The normalized spacial score (nSPS) is 15.9. The van der Waals surface area contributed by atoms with E-state index in [1.165, 1.54) is 7.11 Å². The molecule has 6 nitrogen and oxygen atoms in total. The second kappa shape index (κ2) is 11.0. The summed E-state index contributed by atoms with van der Waals surface area (Å²) in [6.45, 7) is 6.91. The third-order valence-electron chi connectivity index (χ3n) is 2.77. The van der Waals surface area contributed by atoms with Crippen LogP contribution < -0.4 is 5.32 Å². The summed E-state index contributed by atoms with van der Waals surface area (Å²) in [7, 11) is 2.97. The summed E-state index contributed by atoms with van der Waals surface area (Å²) < 4.78 is 15.1. The highest BCUT2D eigenvalue weighted by molar-refractivity contribution is 5.75. The highest BCUT2D eigenvalue weighted by Gasteiger charge is 2.21. The van der Waals surface area contributed by atoms with Crippen LogP contribution in [0, 0.1) is 5.92 Å². The summed E-state index contributed by atoms with van der Waals surface area (Å²) in [5.74, 6) is 0.0567. The molecule has 0 amide bonds. The Morgan fingerprint density at radius 2 is 1.85 bits per heavy atom. The molecule has 6 heteroatoms. The molecule has 0 rings (SSSR count). The lowest BCUT2D eigenvalue weighted by atomic mass is 10.0. The quantitative estimate of drug-likeness (QED) is 0.542. The van der Waals surface area contributed by atoms with E-state index in [0.717, 1.165) is 0 Å². The van der Waals surface area contributed by atoms with Crippen molar-refractivity contribution in [3.63, 3.8) is 0 Å². The van der Waals surface area contributed by atoms with Gasteiger partial charge in [0.1, 0.15) is 6.04 Å². The van der Waals surface area contributed by atoms with E-state index in [4.69, 9.17) is 14.2 Å². The van der Waals surface area contributed by atoms with Crippen LogP contribution in [-0.2, 0) is 19.0 Å². The van der Waals surface area contributed by atoms with Gasteiger partial charge in [-0.05, 0) is 19.3 Å². The molecular weight excluding hydrogens is 262 g/mol. The lowest BCUT2D eigenvalue weighted by Gasteiger charge is -2.21. The van der Waals surface area contributed by atoms with Crippen molar-refractivity contribution in [2.45, 2.75) is 45.4 Å². The average Bonchev–Trinajstić information content (AvgIpc) is 2.40. The second-order valence-electron chi connectivity index (χ2n) is 5.37. The zero-order valence-electron chi connectivity index (χ0n) is 13.2. The molecule has 0 aromatic carbocycles. The third kappa shape index (κ3) is 9.25. The van der Waals surface area contributed by atoms with Crippen molar-refractivity contribution >= 4 is 5.97 Å². The van der Waals surface area contributed by atoms with E-state index in [0.29, 0.717) is 18.9 Å². The molecule has 0 aliphatic carbocycles. The summed E-state index contributed by atoms with van der Waals surface area (Å²) in [5.41, 5.74) is 0. The van der Waals surface area contributed by atoms with E-state index >= 15 is 0 Å². The zero-order valence-corrected chi connectivity index (χ0v) is 13.2. The van der Waals surface area contributed by atoms with Gasteiger partial charge in [-0.1, -0.05) is 13.8 Å². The molecule has 0 aliphatic rings. The van der Waals surface area contributed by atoms with Gasteiger partial charge in [0.15, 0.2) is 0 Å². The first-order valence-corrected chi connectivity index (χ1v) is 7.00. The predicted octanol–water partition coefficient (Wildman–Crippen LogP) is 0.576. The van der Waals surface area contributed by atoms with Gasteiger partial charge >= 0.3 is 5.97 Å². The first-order valence-electron chi connectivity index (χ1n) is 7.00. The molecule has 0 aromatic rings. The zero-order chi connectivity index (χ0) is 15.5. The molecule has 0 bridgehead atoms. The van der Waals surface area contributed by atoms with E-state index in [2.05, 4.69) is 5.32 Å². The molecule has 20 heavy (non-hydrogen) atoms. The molecule has 3 unspecified atom stereocenters. The number of aliphatic hydroxyl groups is 1. The van der Waals surface area contributed by atoms with Crippen LogP contribution in [0.25, 0.3) is 0 Å². The van der Waals surface area contributed by atoms with Crippen LogP contribution in [0.5, 0.6) is 0 Å². The Morgan fingerprint density at radius 3 is 2.35 bits per heavy atom. The molecule has 0 heterocycles. The van der Waals surface area contributed by atoms with Crippen molar-refractivity contribution in [1.29, 1.82) is 0 Å². The maximum Gasteiger partial charge on any atom is 0.322 e. The standard InChI is InChI=1S/C14H29NO5/c1-10(2)6-13(14(17)19-5)15-7-12(16)9-20-11(3)8-18-4/h10-13,15-16H,6-9H2,1-5H3. The highest BCUT2D eigenvalue weighted by atomic mass is 16.5. The van der Waals surface area contributed by atoms with Crippen molar-refractivity contribution in [3.05, 3.63) is 0 Å². The van der Waals surface area contributed by atoms with Crippen LogP contribution in [0.3, 0.4) is 0 Å². The Labute approximate surface area is 121 Å². The number of hydrogen-bond donors (Lipinski definition) is 2. The Morgan fingerprint density at radius 1 is 1.20 bits per heavy atom. The van der Waals surface area contributed by atoms with Gasteiger partial charge in [-0.25, -0.2) is 0 Å². The van der Waals surface area contributed by atoms with Gasteiger partial charge < -0.3 is 24.6 Å². The molecular formula is C14H29NO5. The summed E-state index contributed by atoms with van der Waals surface area (Å²) in [5, 5.41) is 12.8. The number of rotatable bonds is 11. The Bertz CT molecular complexity index is 260. The molecule has 0 fully saturated rings. The molecule has 2 N–H and O–H groups in total. The minimum atomic E-state index is -0.673. The van der Waals surface area contributed by atoms with Gasteiger partial charge in [0.05, 0.1) is 32.5 Å². The molecule has 3 atom stereocenters. The number of nitrogens with one attached hydrogen (secondary N) is 1. The summed E-state index contributed by atoms with van der Waals surface area (Å²) >= 11 is 0. The van der Waals surface area contributed by atoms with Crippen LogP contribution in [0.4, 0.5) is 0 Å². The maximum absolute atomic E-state index is 11.6. The third-order valence-corrected chi connectivity index (χ3v) is 2.77. The number of carbonyl (C=O) groups excluding carboxylic acids is 1. The minimum absolute atomic E-state index is 0.0679. The smallest absolute Gasteiger partial charge is 0.322 e. The largest absolute Gasteiger partial charge is 0.468 e. The highest BCUT2D eigenvalue weighted by Crippen LogP contribution is 2.06. The predicted molar refractivity (Wildman–Crippen MR) is 76.6 cm³/mol. The Balaban J connectivity index is 4.03. The van der Waals surface area contributed by atoms with Crippen molar-refractivity contribution in [2.75, 3.05) is 34.0 Å². The molecule has 0 radical (unpaired) electrons. The molecule has 120 valence electrons. The molecule has 0 saturated heterocycles. The van der Waals surface area contributed by atoms with Crippen molar-refractivity contribution in [3.8, 4) is 0 Å². The number of aliphatic hydroxyl groups excluding tert-OH is 1. The summed E-state index contributed by atoms with van der Waals surface area (Å²) in [4.78, 5) is 11.6. The van der Waals surface area contributed by atoms with Crippen LogP contribution in [0.2, 0.25) is 0 Å². The van der Waals surface area contributed by atoms with Gasteiger partial charge in [0, 0.05) is 13.7 Å². The molecule has 0 aromatic heterocycles. The first-order chi connectivity index (χ1) is 9.40. The fourth-order valence-corrected chi connectivity index (χ4v) is 1.77. The monoisotopic (exact) mass is 291 g/mol. The number of methoxy groups -OCH3 is 2. The van der Waals surface area contributed by atoms with E-state index in [1.54, 1.807) is 7.11 Å². The first kappa shape index (κ1) is 19.3. The number of esters is 1. The topological polar surface area (TPSA) is 77.0 Å². The van der Waals surface area contributed by atoms with E-state index < -0.39 is 12.1 Å². The maximum atomic E-state index is 11.6. The van der Waals surface area contributed by atoms with Crippen molar-refractivity contribution in [1.82, 2.24) is 5.32 Å². The molecule has 0 saturated carbocycles. The number of carbonyl (C=O) groups is 1. The number of hydrogen-bond acceptors (Lipinski definition) is 6. The lowest BCUT2D eigenvalue weighted by molar-refractivity contribution is -0.143. The molecule has 0 spiro atoms. The van der Waals surface area contributed by atoms with E-state index in [1.807, 2.05) is 20.8 Å². The van der Waals surface area contributed by atoms with Crippen LogP contribution in [0.1, 0.15) is 27.2 Å². The van der Waals surface area contributed by atoms with Crippen LogP contribution in [0.15, 0.2) is 0 Å². The summed E-state index contributed by atoms with van der Waals surface area (Å²) in [6, 6.07) is -0.397. The van der Waals surface area contributed by atoms with Gasteiger partial charge in [-0.15, -0.1) is 0 Å². The van der Waals surface area contributed by atoms with Crippen LogP contribution in [-0.4, -0.2) is 63.3 Å². The Kier molecular flexibility index (Phi) is 10.6. The van der Waals surface area contributed by atoms with E-state index in [-0.39, 0.29) is 25.2 Å². The summed E-state index contributed by atoms with van der Waals surface area (Å²) in [6.07, 6.45) is -0.0734. The lowest BCUT2D eigenvalue weighted by Crippen LogP contribution is -2.43. The van der Waals surface area contributed by atoms with Crippen LogP contribution >= 0.6 is 0 Å². The average molecular weight is 291 g/mol. The van der Waals surface area contributed by atoms with Gasteiger partial charge in [0.25, 0.3) is 0 Å². The number of ether oxygens (including phenoxy) is 3. The van der Waals surface area contributed by atoms with Crippen molar-refractivity contribution < 1.29 is 24.1 Å². The second-order valence-corrected chi connectivity index (χ2v) is 5.37. The van der Waals surface area contributed by atoms with Gasteiger partial charge in [0.2, 0.25) is 0 Å². The van der Waals surface area contributed by atoms with Gasteiger partial charge in [-0.2, -0.15) is 0 Å². The van der Waals surface area contributed by atoms with E-state index in [9.17, 15) is 9.90 Å². The van der Waals surface area contributed by atoms with Gasteiger partial charge in [-0.3, -0.25) is 4.79 Å². The minimum Gasteiger partial charge on any atom is -0.468 e. The van der Waals surface area contributed by atoms with Crippen molar-refractivity contribution in [2.24, 2.45) is 5.92 Å². The molecule has 0 aliphatic heterocycles.